The first-order chi connectivity index (χ1) is 21.9. The van der Waals surface area contributed by atoms with Gasteiger partial charge in [-0.15, -0.1) is 0 Å². The number of hydrogen-bond acceptors (Lipinski definition) is 4. The van der Waals surface area contributed by atoms with Gasteiger partial charge >= 0.3 is 0 Å². The van der Waals surface area contributed by atoms with Gasteiger partial charge in [0.15, 0.2) is 0 Å². The molecule has 2 atom stereocenters. The van der Waals surface area contributed by atoms with Gasteiger partial charge in [-0.1, -0.05) is 96.9 Å². The summed E-state index contributed by atoms with van der Waals surface area (Å²) in [5.41, 5.74) is 5.74. The van der Waals surface area contributed by atoms with Crippen molar-refractivity contribution in [2.75, 3.05) is 10.8 Å². The molecule has 0 heterocycles. The van der Waals surface area contributed by atoms with Crippen LogP contribution in [0.15, 0.2) is 102 Å². The van der Waals surface area contributed by atoms with Crippen LogP contribution < -0.4 is 9.62 Å². The van der Waals surface area contributed by atoms with Crippen molar-refractivity contribution in [3.63, 3.8) is 0 Å². The summed E-state index contributed by atoms with van der Waals surface area (Å²) < 4.78 is 29.8. The van der Waals surface area contributed by atoms with Crippen LogP contribution in [0.5, 0.6) is 0 Å². The molecular formula is C38H45N3O4S. The first kappa shape index (κ1) is 34.4. The summed E-state index contributed by atoms with van der Waals surface area (Å²) in [4.78, 5) is 30.3. The van der Waals surface area contributed by atoms with Crippen LogP contribution in [0.3, 0.4) is 0 Å². The molecule has 4 rings (SSSR count). The van der Waals surface area contributed by atoms with Gasteiger partial charge in [-0.25, -0.2) is 8.42 Å². The normalized spacial score (nSPS) is 12.7. The quantitative estimate of drug-likeness (QED) is 0.177. The van der Waals surface area contributed by atoms with E-state index in [4.69, 9.17) is 0 Å². The van der Waals surface area contributed by atoms with E-state index in [0.29, 0.717) is 5.69 Å². The lowest BCUT2D eigenvalue weighted by atomic mass is 10.0. The number of nitrogens with one attached hydrogen (secondary N) is 1. The number of hydrogen-bond donors (Lipinski definition) is 1. The summed E-state index contributed by atoms with van der Waals surface area (Å²) in [6.07, 6.45) is 1.000. The highest BCUT2D eigenvalue weighted by atomic mass is 32.2. The Bertz CT molecular complexity index is 1740. The monoisotopic (exact) mass is 639 g/mol. The van der Waals surface area contributed by atoms with Gasteiger partial charge in [0.2, 0.25) is 11.8 Å². The maximum Gasteiger partial charge on any atom is 0.264 e. The van der Waals surface area contributed by atoms with Crippen LogP contribution in [0.2, 0.25) is 0 Å². The number of benzene rings is 4. The number of carbonyl (C=O) groups excluding carboxylic acids is 2. The fraction of sp³-hybridized carbons (Fsp3) is 0.316. The Labute approximate surface area is 274 Å². The molecule has 46 heavy (non-hydrogen) atoms. The maximum atomic E-state index is 14.7. The summed E-state index contributed by atoms with van der Waals surface area (Å²) in [5, 5.41) is 3.08. The summed E-state index contributed by atoms with van der Waals surface area (Å²) in [5.74, 6) is -0.754. The lowest BCUT2D eigenvalue weighted by Gasteiger charge is -2.34. The van der Waals surface area contributed by atoms with Gasteiger partial charge in [0.1, 0.15) is 12.6 Å². The smallest absolute Gasteiger partial charge is 0.264 e. The second-order valence-corrected chi connectivity index (χ2v) is 14.0. The molecule has 8 heteroatoms. The molecule has 4 aromatic carbocycles. The zero-order valence-electron chi connectivity index (χ0n) is 27.7. The van der Waals surface area contributed by atoms with E-state index in [9.17, 15) is 18.0 Å². The highest BCUT2D eigenvalue weighted by molar-refractivity contribution is 7.92. The van der Waals surface area contributed by atoms with Crippen LogP contribution in [0, 0.1) is 27.7 Å². The Kier molecular flexibility index (Phi) is 11.4. The molecule has 0 saturated carbocycles. The maximum absolute atomic E-state index is 14.7. The number of sulfonamides is 1. The van der Waals surface area contributed by atoms with Gasteiger partial charge in [-0.2, -0.15) is 0 Å². The van der Waals surface area contributed by atoms with Gasteiger partial charge in [0.05, 0.1) is 10.6 Å². The topological polar surface area (TPSA) is 86.8 Å². The zero-order valence-corrected chi connectivity index (χ0v) is 28.5. The molecule has 0 bridgehead atoms. The lowest BCUT2D eigenvalue weighted by Crippen LogP contribution is -2.54. The molecule has 0 fully saturated rings. The molecular weight excluding hydrogens is 595 g/mol. The SMILES string of the molecule is CC[C@H](C)NC(=O)[C@@H](Cc1ccccc1)N(Cc1ccc(C)cc1)C(=O)CN(c1cc(C)ccc1C)S(=O)(=O)c1ccc(C)cc1. The molecule has 7 nitrogen and oxygen atoms in total. The molecule has 0 unspecified atom stereocenters. The number of nitrogens with zero attached hydrogens (tertiary/aromatic N) is 2. The number of aryl methyl sites for hydroxylation is 4. The van der Waals surface area contributed by atoms with E-state index in [-0.39, 0.29) is 29.8 Å². The fourth-order valence-corrected chi connectivity index (χ4v) is 6.69. The Hall–Kier alpha value is -4.43. The summed E-state index contributed by atoms with van der Waals surface area (Å²) in [7, 11) is -4.16. The Morgan fingerprint density at radius 1 is 0.761 bits per heavy atom. The summed E-state index contributed by atoms with van der Waals surface area (Å²) in [6.45, 7) is 11.2. The van der Waals surface area contributed by atoms with Crippen molar-refractivity contribution in [2.24, 2.45) is 0 Å². The first-order valence-electron chi connectivity index (χ1n) is 15.7. The standard InChI is InChI=1S/C38H45N3O4S/c1-7-31(6)39-38(43)36(24-32-11-9-8-10-12-32)40(25-33-19-14-27(2)15-20-33)37(42)26-41(35-23-29(4)13-18-30(35)5)46(44,45)34-21-16-28(3)17-22-34/h8-23,31,36H,7,24-26H2,1-6H3,(H,39,43)/t31-,36+/m0/s1. The fourth-order valence-electron chi connectivity index (χ4n) is 5.22. The third kappa shape index (κ3) is 8.63. The van der Waals surface area contributed by atoms with Gasteiger partial charge in [0.25, 0.3) is 10.0 Å². The minimum absolute atomic E-state index is 0.0900. The summed E-state index contributed by atoms with van der Waals surface area (Å²) in [6, 6.07) is 28.6. The molecule has 0 aliphatic heterocycles. The minimum atomic E-state index is -4.16. The predicted octanol–water partition coefficient (Wildman–Crippen LogP) is 6.67. The molecule has 0 aliphatic carbocycles. The van der Waals surface area contributed by atoms with E-state index >= 15 is 0 Å². The van der Waals surface area contributed by atoms with Crippen LogP contribution >= 0.6 is 0 Å². The van der Waals surface area contributed by atoms with Crippen LogP contribution in [0.4, 0.5) is 5.69 Å². The Morgan fingerprint density at radius 2 is 1.35 bits per heavy atom. The minimum Gasteiger partial charge on any atom is -0.352 e. The van der Waals surface area contributed by atoms with Crippen molar-refractivity contribution in [1.29, 1.82) is 0 Å². The van der Waals surface area contributed by atoms with E-state index in [0.717, 1.165) is 39.8 Å². The largest absolute Gasteiger partial charge is 0.352 e. The van der Waals surface area contributed by atoms with Crippen molar-refractivity contribution in [2.45, 2.75) is 77.9 Å². The highest BCUT2D eigenvalue weighted by Gasteiger charge is 2.35. The molecule has 0 aliphatic rings. The van der Waals surface area contributed by atoms with Gasteiger partial charge < -0.3 is 10.2 Å². The van der Waals surface area contributed by atoms with Crippen molar-refractivity contribution >= 4 is 27.5 Å². The average molecular weight is 640 g/mol. The highest BCUT2D eigenvalue weighted by Crippen LogP contribution is 2.29. The molecule has 4 aromatic rings. The number of anilines is 1. The molecule has 242 valence electrons. The van der Waals surface area contributed by atoms with Crippen LogP contribution in [-0.4, -0.2) is 43.8 Å². The molecule has 1 N–H and O–H groups in total. The van der Waals surface area contributed by atoms with Crippen molar-refractivity contribution < 1.29 is 18.0 Å². The first-order valence-corrected chi connectivity index (χ1v) is 17.2. The van der Waals surface area contributed by atoms with E-state index < -0.39 is 28.5 Å². The second-order valence-electron chi connectivity index (χ2n) is 12.1. The van der Waals surface area contributed by atoms with Gasteiger partial charge in [-0.3, -0.25) is 13.9 Å². The van der Waals surface area contributed by atoms with Crippen molar-refractivity contribution in [1.82, 2.24) is 10.2 Å². The summed E-state index contributed by atoms with van der Waals surface area (Å²) >= 11 is 0. The van der Waals surface area contributed by atoms with Crippen molar-refractivity contribution in [3.8, 4) is 0 Å². The average Bonchev–Trinajstić information content (AvgIpc) is 3.04. The number of carbonyl (C=O) groups is 2. The lowest BCUT2D eigenvalue weighted by molar-refractivity contribution is -0.140. The van der Waals surface area contributed by atoms with Crippen molar-refractivity contribution in [3.05, 3.63) is 130 Å². The number of rotatable bonds is 13. The molecule has 2 amide bonds. The predicted molar refractivity (Wildman–Crippen MR) is 185 cm³/mol. The third-order valence-corrected chi connectivity index (χ3v) is 10.0. The Morgan fingerprint density at radius 3 is 1.96 bits per heavy atom. The van der Waals surface area contributed by atoms with Gasteiger partial charge in [0, 0.05) is 19.0 Å². The van der Waals surface area contributed by atoms with E-state index in [1.165, 1.54) is 9.21 Å². The van der Waals surface area contributed by atoms with E-state index in [2.05, 4.69) is 5.32 Å². The molecule has 0 radical (unpaired) electrons. The van der Waals surface area contributed by atoms with E-state index in [1.807, 2.05) is 108 Å². The molecule has 0 aromatic heterocycles. The molecule has 0 spiro atoms. The second kappa shape index (κ2) is 15.2. The number of amides is 2. The van der Waals surface area contributed by atoms with E-state index in [1.54, 1.807) is 30.3 Å². The molecule has 0 saturated heterocycles. The van der Waals surface area contributed by atoms with Crippen LogP contribution in [-0.2, 0) is 32.6 Å². The Balaban J connectivity index is 1.83. The third-order valence-electron chi connectivity index (χ3n) is 8.27. The van der Waals surface area contributed by atoms with Crippen LogP contribution in [0.25, 0.3) is 0 Å². The van der Waals surface area contributed by atoms with Crippen LogP contribution in [0.1, 0.15) is 53.6 Å². The van der Waals surface area contributed by atoms with Gasteiger partial charge in [-0.05, 0) is 81.5 Å². The zero-order chi connectivity index (χ0) is 33.4.